The molecule has 0 saturated carbocycles. The second kappa shape index (κ2) is 7.06. The number of nitrogens with zero attached hydrogens (tertiary/aromatic N) is 1. The highest BCUT2D eigenvalue weighted by molar-refractivity contribution is 5.89. The molecule has 0 aliphatic heterocycles. The molecule has 2 amide bonds. The Morgan fingerprint density at radius 2 is 2.12 bits per heavy atom. The quantitative estimate of drug-likeness (QED) is 0.662. The molecule has 0 bridgehead atoms. The largest absolute Gasteiger partial charge is 0.493 e. The second-order valence-electron chi connectivity index (χ2n) is 4.57. The second-order valence-corrected chi connectivity index (χ2v) is 4.57. The molecular formula is C13H14F3N5O3. The number of aromatic amines is 2. The van der Waals surface area contributed by atoms with Crippen molar-refractivity contribution >= 4 is 11.7 Å². The number of amides is 2. The summed E-state index contributed by atoms with van der Waals surface area (Å²) in [6.07, 6.45) is -4.62. The van der Waals surface area contributed by atoms with Crippen molar-refractivity contribution in [2.75, 3.05) is 11.9 Å². The fourth-order valence-corrected chi connectivity index (χ4v) is 1.84. The number of carbonyl (C=O) groups is 1. The van der Waals surface area contributed by atoms with Gasteiger partial charge in [0.2, 0.25) is 0 Å². The zero-order valence-electron chi connectivity index (χ0n) is 12.5. The lowest BCUT2D eigenvalue weighted by Crippen LogP contribution is -2.29. The minimum Gasteiger partial charge on any atom is -0.493 e. The summed E-state index contributed by atoms with van der Waals surface area (Å²) in [6.45, 7) is 1.55. The van der Waals surface area contributed by atoms with Crippen LogP contribution >= 0.6 is 0 Å². The molecule has 11 heteroatoms. The number of carbonyl (C=O) groups excluding carboxylic acids is 1. The van der Waals surface area contributed by atoms with Crippen LogP contribution in [0.5, 0.6) is 5.75 Å². The third kappa shape index (κ3) is 4.51. The topological polar surface area (TPSA) is 112 Å². The van der Waals surface area contributed by atoms with Gasteiger partial charge in [0.15, 0.2) is 0 Å². The van der Waals surface area contributed by atoms with E-state index < -0.39 is 23.5 Å². The highest BCUT2D eigenvalue weighted by Crippen LogP contribution is 2.37. The number of nitrogens with one attached hydrogen (secondary N) is 4. The van der Waals surface area contributed by atoms with E-state index in [-0.39, 0.29) is 30.4 Å². The molecule has 8 nitrogen and oxygen atoms in total. The number of urea groups is 1. The molecule has 0 unspecified atom stereocenters. The Balaban J connectivity index is 2.05. The molecule has 24 heavy (non-hydrogen) atoms. The monoisotopic (exact) mass is 345 g/mol. The van der Waals surface area contributed by atoms with Crippen molar-refractivity contribution in [3.8, 4) is 5.75 Å². The van der Waals surface area contributed by atoms with Gasteiger partial charge >= 0.3 is 17.9 Å². The van der Waals surface area contributed by atoms with Crippen LogP contribution in [-0.4, -0.2) is 27.8 Å². The number of hydrogen-bond donors (Lipinski definition) is 4. The molecule has 1 heterocycles. The summed E-state index contributed by atoms with van der Waals surface area (Å²) in [5.74, 6) is -0.136. The standard InChI is InChI=1S/C13H14F3N5O3/c1-2-24-9-4-3-7(5-8(9)13(14,15)16)18-11(22)17-6-10-19-12(23)21-20-10/h3-5H,2,6H2,1H3,(H2,17,18,22)(H2,19,20,21,23). The molecular weight excluding hydrogens is 331 g/mol. The molecule has 0 saturated heterocycles. The first-order valence-corrected chi connectivity index (χ1v) is 6.82. The van der Waals surface area contributed by atoms with Crippen LogP contribution < -0.4 is 21.1 Å². The Kier molecular flexibility index (Phi) is 5.11. The molecule has 2 aromatic rings. The first-order chi connectivity index (χ1) is 11.3. The predicted octanol–water partition coefficient (Wildman–Crippen LogP) is 1.84. The van der Waals surface area contributed by atoms with Crippen LogP contribution in [0, 0.1) is 0 Å². The number of rotatable bonds is 5. The van der Waals surface area contributed by atoms with Crippen LogP contribution in [0.4, 0.5) is 23.7 Å². The summed E-state index contributed by atoms with van der Waals surface area (Å²) in [6, 6.07) is 2.45. The number of H-pyrrole nitrogens is 2. The Morgan fingerprint density at radius 3 is 2.71 bits per heavy atom. The smallest absolute Gasteiger partial charge is 0.420 e. The van der Waals surface area contributed by atoms with Crippen molar-refractivity contribution in [3.63, 3.8) is 0 Å². The highest BCUT2D eigenvalue weighted by atomic mass is 19.4. The van der Waals surface area contributed by atoms with E-state index in [0.29, 0.717) is 0 Å². The van der Waals surface area contributed by atoms with Gasteiger partial charge in [-0.2, -0.15) is 18.3 Å². The minimum atomic E-state index is -4.62. The summed E-state index contributed by atoms with van der Waals surface area (Å²) >= 11 is 0. The molecule has 0 aliphatic rings. The minimum absolute atomic E-state index is 0.0567. The molecule has 1 aromatic heterocycles. The van der Waals surface area contributed by atoms with E-state index in [1.165, 1.54) is 6.07 Å². The summed E-state index contributed by atoms with van der Waals surface area (Å²) in [4.78, 5) is 24.8. The van der Waals surface area contributed by atoms with E-state index in [0.717, 1.165) is 12.1 Å². The maximum atomic E-state index is 13.0. The molecule has 0 spiro atoms. The van der Waals surface area contributed by atoms with E-state index in [9.17, 15) is 22.8 Å². The summed E-state index contributed by atoms with van der Waals surface area (Å²) in [7, 11) is 0. The van der Waals surface area contributed by atoms with Crippen molar-refractivity contribution in [3.05, 3.63) is 40.1 Å². The molecule has 1 aromatic carbocycles. The van der Waals surface area contributed by atoms with Crippen LogP contribution in [0.25, 0.3) is 0 Å². The van der Waals surface area contributed by atoms with Crippen LogP contribution in [0.3, 0.4) is 0 Å². The van der Waals surface area contributed by atoms with Crippen molar-refractivity contribution in [2.24, 2.45) is 0 Å². The maximum absolute atomic E-state index is 13.0. The SMILES string of the molecule is CCOc1ccc(NC(=O)NCc2n[nH]c(=O)[nH]2)cc1C(F)(F)F. The fraction of sp³-hybridized carbons (Fsp3) is 0.308. The zero-order valence-corrected chi connectivity index (χ0v) is 12.5. The predicted molar refractivity (Wildman–Crippen MR) is 77.7 cm³/mol. The van der Waals surface area contributed by atoms with Gasteiger partial charge in [0.05, 0.1) is 18.7 Å². The van der Waals surface area contributed by atoms with E-state index in [2.05, 4.69) is 25.8 Å². The molecule has 0 atom stereocenters. The zero-order chi connectivity index (χ0) is 17.7. The van der Waals surface area contributed by atoms with Gasteiger partial charge in [0.25, 0.3) is 0 Å². The van der Waals surface area contributed by atoms with Crippen LogP contribution in [-0.2, 0) is 12.7 Å². The van der Waals surface area contributed by atoms with Crippen LogP contribution in [0.1, 0.15) is 18.3 Å². The van der Waals surface area contributed by atoms with Gasteiger partial charge in [0.1, 0.15) is 11.6 Å². The molecule has 130 valence electrons. The Morgan fingerprint density at radius 1 is 1.38 bits per heavy atom. The summed E-state index contributed by atoms with van der Waals surface area (Å²) in [5.41, 5.74) is -1.58. The number of anilines is 1. The van der Waals surface area contributed by atoms with Crippen molar-refractivity contribution in [1.82, 2.24) is 20.5 Å². The van der Waals surface area contributed by atoms with E-state index in [1.807, 2.05) is 0 Å². The van der Waals surface area contributed by atoms with Gasteiger partial charge in [-0.25, -0.2) is 14.7 Å². The average Bonchev–Trinajstić information content (AvgIpc) is 2.91. The summed E-state index contributed by atoms with van der Waals surface area (Å²) in [5, 5.41) is 10.3. The van der Waals surface area contributed by atoms with Crippen LogP contribution in [0.2, 0.25) is 0 Å². The maximum Gasteiger partial charge on any atom is 0.420 e. The van der Waals surface area contributed by atoms with Gasteiger partial charge in [-0.1, -0.05) is 0 Å². The number of benzene rings is 1. The lowest BCUT2D eigenvalue weighted by atomic mass is 10.1. The third-order valence-electron chi connectivity index (χ3n) is 2.81. The number of halogens is 3. The molecule has 4 N–H and O–H groups in total. The highest BCUT2D eigenvalue weighted by Gasteiger charge is 2.34. The Labute approximate surface area is 133 Å². The summed E-state index contributed by atoms with van der Waals surface area (Å²) < 4.78 is 44.0. The van der Waals surface area contributed by atoms with E-state index >= 15 is 0 Å². The normalized spacial score (nSPS) is 11.2. The lowest BCUT2D eigenvalue weighted by molar-refractivity contribution is -0.138. The van der Waals surface area contributed by atoms with Crippen molar-refractivity contribution < 1.29 is 22.7 Å². The van der Waals surface area contributed by atoms with Crippen molar-refractivity contribution in [2.45, 2.75) is 19.6 Å². The Bertz CT molecular complexity index is 769. The van der Waals surface area contributed by atoms with Crippen molar-refractivity contribution in [1.29, 1.82) is 0 Å². The molecule has 2 rings (SSSR count). The third-order valence-corrected chi connectivity index (χ3v) is 2.81. The number of ether oxygens (including phenoxy) is 1. The molecule has 0 radical (unpaired) electrons. The first-order valence-electron chi connectivity index (χ1n) is 6.82. The van der Waals surface area contributed by atoms with Gasteiger partial charge < -0.3 is 15.4 Å². The van der Waals surface area contributed by atoms with E-state index in [1.54, 1.807) is 6.92 Å². The van der Waals surface area contributed by atoms with Gasteiger partial charge in [-0.05, 0) is 25.1 Å². The van der Waals surface area contributed by atoms with Gasteiger partial charge in [-0.15, -0.1) is 0 Å². The van der Waals surface area contributed by atoms with Gasteiger partial charge in [-0.3, -0.25) is 4.98 Å². The average molecular weight is 345 g/mol. The number of hydrogen-bond acceptors (Lipinski definition) is 4. The fourth-order valence-electron chi connectivity index (χ4n) is 1.84. The lowest BCUT2D eigenvalue weighted by Gasteiger charge is -2.15. The molecule has 0 fully saturated rings. The number of alkyl halides is 3. The van der Waals surface area contributed by atoms with E-state index in [4.69, 9.17) is 4.74 Å². The Hall–Kier alpha value is -2.98. The molecule has 0 aliphatic carbocycles. The number of aromatic nitrogens is 3. The van der Waals surface area contributed by atoms with Crippen LogP contribution in [0.15, 0.2) is 23.0 Å². The first kappa shape index (κ1) is 17.4. The van der Waals surface area contributed by atoms with Gasteiger partial charge in [0, 0.05) is 5.69 Å².